The number of halogens is 1. The summed E-state index contributed by atoms with van der Waals surface area (Å²) in [6.07, 6.45) is 5.39. The predicted molar refractivity (Wildman–Crippen MR) is 96.1 cm³/mol. The van der Waals surface area contributed by atoms with Gasteiger partial charge in [0.25, 0.3) is 0 Å². The van der Waals surface area contributed by atoms with E-state index in [-0.39, 0.29) is 41.4 Å². The summed E-state index contributed by atoms with van der Waals surface area (Å²) in [6, 6.07) is 5.92. The number of nitrogens with zero attached hydrogens (tertiary/aromatic N) is 1. The third-order valence-electron chi connectivity index (χ3n) is 6.58. The van der Waals surface area contributed by atoms with Gasteiger partial charge in [-0.15, -0.1) is 0 Å². The van der Waals surface area contributed by atoms with Crippen LogP contribution in [0.5, 0.6) is 0 Å². The molecule has 0 spiro atoms. The molecule has 0 unspecified atom stereocenters. The molecule has 0 radical (unpaired) electrons. The van der Waals surface area contributed by atoms with Gasteiger partial charge in [0.05, 0.1) is 11.8 Å². The summed E-state index contributed by atoms with van der Waals surface area (Å²) in [7, 11) is 0. The number of anilines is 1. The average molecular weight is 371 g/mol. The molecular weight excluding hydrogens is 352 g/mol. The molecule has 2 saturated carbocycles. The summed E-state index contributed by atoms with van der Waals surface area (Å²) >= 11 is 5.85. The van der Waals surface area contributed by atoms with Crippen molar-refractivity contribution in [3.05, 3.63) is 41.4 Å². The fraction of sp³-hybridized carbons (Fsp3) is 0.450. The molecule has 134 valence electrons. The maximum atomic E-state index is 13.0. The first kappa shape index (κ1) is 16.1. The third-order valence-corrected chi connectivity index (χ3v) is 6.83. The maximum absolute atomic E-state index is 13.0. The highest BCUT2D eigenvalue weighted by Gasteiger charge is 2.67. The largest absolute Gasteiger partial charge is 0.324 e. The van der Waals surface area contributed by atoms with Crippen molar-refractivity contribution in [2.24, 2.45) is 35.5 Å². The van der Waals surface area contributed by atoms with E-state index in [1.807, 2.05) is 0 Å². The van der Waals surface area contributed by atoms with Crippen LogP contribution in [0.1, 0.15) is 13.3 Å². The Morgan fingerprint density at radius 2 is 1.62 bits per heavy atom. The minimum Gasteiger partial charge on any atom is -0.324 e. The van der Waals surface area contributed by atoms with Gasteiger partial charge in [0, 0.05) is 10.7 Å². The lowest BCUT2D eigenvalue weighted by Gasteiger charge is -2.37. The van der Waals surface area contributed by atoms with E-state index < -0.39 is 6.04 Å². The number of imide groups is 1. The third kappa shape index (κ3) is 2.13. The molecule has 2 bridgehead atoms. The minimum absolute atomic E-state index is 0.169. The molecule has 5 aliphatic rings. The molecule has 3 amide bonds. The Morgan fingerprint density at radius 1 is 1.08 bits per heavy atom. The quantitative estimate of drug-likeness (QED) is 0.657. The monoisotopic (exact) mass is 370 g/mol. The van der Waals surface area contributed by atoms with Crippen LogP contribution in [0.25, 0.3) is 0 Å². The lowest BCUT2D eigenvalue weighted by Crippen LogP contribution is -2.46. The molecule has 1 heterocycles. The van der Waals surface area contributed by atoms with E-state index in [1.165, 1.54) is 4.90 Å². The standard InChI is InChI=1S/C20H19ClN2O3/c1-9(18(24)22-11-4-2-10(21)3-5-11)23-19(25)16-12-6-7-13(15-8-14(12)15)17(16)20(23)26/h2-7,9,12-17H,8H2,1H3,(H,22,24)/t9-,12+,13+,14+,15+,16-,17+/m1/s1. The highest BCUT2D eigenvalue weighted by atomic mass is 35.5. The van der Waals surface area contributed by atoms with Crippen molar-refractivity contribution in [3.63, 3.8) is 0 Å². The molecule has 1 saturated heterocycles. The summed E-state index contributed by atoms with van der Waals surface area (Å²) in [5.41, 5.74) is 0.589. The summed E-state index contributed by atoms with van der Waals surface area (Å²) in [5, 5.41) is 3.34. The number of amides is 3. The summed E-state index contributed by atoms with van der Waals surface area (Å²) < 4.78 is 0. The normalized spacial score (nSPS) is 37.4. The van der Waals surface area contributed by atoms with Gasteiger partial charge in [-0.2, -0.15) is 0 Å². The van der Waals surface area contributed by atoms with Gasteiger partial charge in [0.15, 0.2) is 0 Å². The molecule has 6 heteroatoms. The number of hydrogen-bond donors (Lipinski definition) is 1. The van der Waals surface area contributed by atoms with E-state index in [9.17, 15) is 14.4 Å². The second-order valence-corrected chi connectivity index (χ2v) is 8.31. The molecule has 1 aliphatic heterocycles. The first-order chi connectivity index (χ1) is 12.5. The first-order valence-electron chi connectivity index (χ1n) is 9.09. The molecule has 1 N–H and O–H groups in total. The van der Waals surface area contributed by atoms with Crippen LogP contribution >= 0.6 is 11.6 Å². The molecule has 3 fully saturated rings. The van der Waals surface area contributed by atoms with E-state index >= 15 is 0 Å². The number of hydrogen-bond acceptors (Lipinski definition) is 3. The Balaban J connectivity index is 1.37. The van der Waals surface area contributed by atoms with Crippen molar-refractivity contribution in [1.82, 2.24) is 4.90 Å². The van der Waals surface area contributed by atoms with Crippen LogP contribution in [-0.2, 0) is 14.4 Å². The second kappa shape index (κ2) is 5.43. The van der Waals surface area contributed by atoms with E-state index in [0.717, 1.165) is 6.42 Å². The van der Waals surface area contributed by atoms with Crippen LogP contribution < -0.4 is 5.32 Å². The van der Waals surface area contributed by atoms with E-state index in [2.05, 4.69) is 17.5 Å². The first-order valence-corrected chi connectivity index (χ1v) is 9.47. The highest BCUT2D eigenvalue weighted by molar-refractivity contribution is 6.30. The van der Waals surface area contributed by atoms with Crippen LogP contribution in [0.2, 0.25) is 5.02 Å². The fourth-order valence-corrected chi connectivity index (χ4v) is 5.38. The Bertz CT molecular complexity index is 813. The molecule has 7 atom stereocenters. The lowest BCUT2D eigenvalue weighted by atomic mass is 9.63. The van der Waals surface area contributed by atoms with E-state index in [0.29, 0.717) is 22.5 Å². The van der Waals surface area contributed by atoms with E-state index in [1.54, 1.807) is 31.2 Å². The van der Waals surface area contributed by atoms with Crippen molar-refractivity contribution in [1.29, 1.82) is 0 Å². The van der Waals surface area contributed by atoms with Crippen LogP contribution in [0.4, 0.5) is 5.69 Å². The van der Waals surface area contributed by atoms with Crippen molar-refractivity contribution in [3.8, 4) is 0 Å². The van der Waals surface area contributed by atoms with Gasteiger partial charge in [0.1, 0.15) is 6.04 Å². The topological polar surface area (TPSA) is 66.5 Å². The molecule has 0 aromatic heterocycles. The number of carbonyl (C=O) groups excluding carboxylic acids is 3. The smallest absolute Gasteiger partial charge is 0.247 e. The van der Waals surface area contributed by atoms with Gasteiger partial charge in [-0.1, -0.05) is 23.8 Å². The van der Waals surface area contributed by atoms with Crippen molar-refractivity contribution < 1.29 is 14.4 Å². The minimum atomic E-state index is -0.827. The molecule has 6 rings (SSSR count). The predicted octanol–water partition coefficient (Wildman–Crippen LogP) is 2.72. The zero-order chi connectivity index (χ0) is 18.2. The zero-order valence-electron chi connectivity index (χ0n) is 14.3. The van der Waals surface area contributed by atoms with Gasteiger partial charge < -0.3 is 5.32 Å². The van der Waals surface area contributed by atoms with Gasteiger partial charge in [-0.25, -0.2) is 0 Å². The second-order valence-electron chi connectivity index (χ2n) is 7.87. The number of allylic oxidation sites excluding steroid dienone is 2. The SMILES string of the molecule is C[C@H](C(=O)Nc1ccc(Cl)cc1)N1C(=O)[C@@H]2[C@H]3C=C[C@@H]([C@@H]4C[C@@H]34)[C@@H]2C1=O. The van der Waals surface area contributed by atoms with Crippen molar-refractivity contribution in [2.45, 2.75) is 19.4 Å². The Hall–Kier alpha value is -2.14. The number of rotatable bonds is 3. The highest BCUT2D eigenvalue weighted by Crippen LogP contribution is 2.65. The summed E-state index contributed by atoms with van der Waals surface area (Å²) in [4.78, 5) is 39.9. The lowest BCUT2D eigenvalue weighted by molar-refractivity contribution is -0.146. The molecule has 5 nitrogen and oxygen atoms in total. The van der Waals surface area contributed by atoms with E-state index in [4.69, 9.17) is 11.6 Å². The van der Waals surface area contributed by atoms with Crippen LogP contribution in [0, 0.1) is 35.5 Å². The van der Waals surface area contributed by atoms with Gasteiger partial charge >= 0.3 is 0 Å². The number of likely N-dealkylation sites (tertiary alicyclic amines) is 1. The summed E-state index contributed by atoms with van der Waals surface area (Å²) in [6.45, 7) is 1.62. The van der Waals surface area contributed by atoms with Crippen LogP contribution in [-0.4, -0.2) is 28.7 Å². The Labute approximate surface area is 156 Å². The maximum Gasteiger partial charge on any atom is 0.247 e. The molecule has 1 aromatic rings. The van der Waals surface area contributed by atoms with Gasteiger partial charge in [-0.05, 0) is 61.3 Å². The molecule has 26 heavy (non-hydrogen) atoms. The Kier molecular flexibility index (Phi) is 3.35. The fourth-order valence-electron chi connectivity index (χ4n) is 5.26. The molecule has 4 aliphatic carbocycles. The number of benzene rings is 1. The van der Waals surface area contributed by atoms with Crippen LogP contribution in [0.3, 0.4) is 0 Å². The van der Waals surface area contributed by atoms with Crippen molar-refractivity contribution >= 4 is 35.0 Å². The van der Waals surface area contributed by atoms with Gasteiger partial charge in [0.2, 0.25) is 17.7 Å². The number of carbonyl (C=O) groups is 3. The average Bonchev–Trinajstić information content (AvgIpc) is 3.41. The Morgan fingerprint density at radius 3 is 2.15 bits per heavy atom. The molecular formula is C20H19ClN2O3. The zero-order valence-corrected chi connectivity index (χ0v) is 15.0. The number of nitrogens with one attached hydrogen (secondary N) is 1. The van der Waals surface area contributed by atoms with Crippen molar-refractivity contribution in [2.75, 3.05) is 5.32 Å². The summed E-state index contributed by atoms with van der Waals surface area (Å²) in [5.74, 6) is 0.192. The van der Waals surface area contributed by atoms with Gasteiger partial charge in [-0.3, -0.25) is 19.3 Å². The van der Waals surface area contributed by atoms with Crippen LogP contribution in [0.15, 0.2) is 36.4 Å². The molecule has 1 aromatic carbocycles.